The average molecular weight is 451 g/mol. The molecule has 1 N–H and O–H groups in total. The minimum Gasteiger partial charge on any atom is -0.378 e. The molecule has 0 aliphatic carbocycles. The summed E-state index contributed by atoms with van der Waals surface area (Å²) in [6, 6.07) is 13.5. The molecule has 0 saturated carbocycles. The summed E-state index contributed by atoms with van der Waals surface area (Å²) >= 11 is 0. The van der Waals surface area contributed by atoms with E-state index in [1.54, 1.807) is 23.1 Å². The number of piperazine rings is 1. The van der Waals surface area contributed by atoms with E-state index in [1.165, 1.54) is 23.4 Å². The van der Waals surface area contributed by atoms with Crippen molar-refractivity contribution in [3.05, 3.63) is 60.2 Å². The van der Waals surface area contributed by atoms with Crippen LogP contribution in [-0.2, 0) is 10.2 Å². The second-order valence-corrected chi connectivity index (χ2v) is 9.85. The van der Waals surface area contributed by atoms with Gasteiger partial charge in [-0.2, -0.15) is 4.98 Å². The van der Waals surface area contributed by atoms with Gasteiger partial charge in [0, 0.05) is 37.6 Å². The minimum absolute atomic E-state index is 0.00584. The molecule has 2 aromatic carbocycles. The fourth-order valence-corrected chi connectivity index (χ4v) is 4.27. The zero-order valence-electron chi connectivity index (χ0n) is 19.5. The van der Waals surface area contributed by atoms with Crippen molar-refractivity contribution in [1.29, 1.82) is 0 Å². The third-order valence-electron chi connectivity index (χ3n) is 6.42. The van der Waals surface area contributed by atoms with Crippen LogP contribution in [0, 0.1) is 5.82 Å². The fraction of sp³-hybridized carbons (Fsp3) is 0.440. The van der Waals surface area contributed by atoms with Crippen LogP contribution in [0.1, 0.15) is 26.3 Å². The molecule has 5 rings (SSSR count). The van der Waals surface area contributed by atoms with Crippen molar-refractivity contribution >= 4 is 17.3 Å². The smallest absolute Gasteiger partial charge is 0.246 e. The van der Waals surface area contributed by atoms with Gasteiger partial charge in [-0.25, -0.2) is 9.07 Å². The molecule has 2 aliphatic heterocycles. The van der Waals surface area contributed by atoms with E-state index >= 15 is 0 Å². The largest absolute Gasteiger partial charge is 0.378 e. The maximum Gasteiger partial charge on any atom is 0.246 e. The Kier molecular flexibility index (Phi) is 5.80. The lowest BCUT2D eigenvalue weighted by Gasteiger charge is -2.43. The predicted molar refractivity (Wildman–Crippen MR) is 128 cm³/mol. The number of benzene rings is 2. The summed E-state index contributed by atoms with van der Waals surface area (Å²) in [5.41, 5.74) is 4.05. The topological polar surface area (TPSA) is 58.5 Å². The lowest BCUT2D eigenvalue weighted by molar-refractivity contribution is -0.0660. The number of halogens is 1. The van der Waals surface area contributed by atoms with E-state index in [1.807, 2.05) is 0 Å². The molecule has 2 saturated heterocycles. The van der Waals surface area contributed by atoms with E-state index < -0.39 is 0 Å². The van der Waals surface area contributed by atoms with Crippen LogP contribution in [0.5, 0.6) is 0 Å². The number of hydrogen-bond donors (Lipinski definition) is 1. The third-order valence-corrected chi connectivity index (χ3v) is 6.42. The van der Waals surface area contributed by atoms with Crippen LogP contribution in [0.15, 0.2) is 48.8 Å². The Balaban J connectivity index is 1.36. The first kappa shape index (κ1) is 21.9. The van der Waals surface area contributed by atoms with Gasteiger partial charge >= 0.3 is 0 Å². The number of hydrogen-bond acceptors (Lipinski definition) is 6. The number of rotatable bonds is 5. The molecule has 3 heterocycles. The number of aromatic nitrogens is 3. The van der Waals surface area contributed by atoms with Gasteiger partial charge in [-0.05, 0) is 47.4 Å². The predicted octanol–water partition coefficient (Wildman–Crippen LogP) is 3.97. The van der Waals surface area contributed by atoms with Crippen molar-refractivity contribution in [2.75, 3.05) is 49.6 Å². The molecule has 0 radical (unpaired) electrons. The maximum atomic E-state index is 13.6. The molecule has 0 unspecified atom stereocenters. The van der Waals surface area contributed by atoms with Crippen LogP contribution in [0.25, 0.3) is 5.69 Å². The molecule has 3 aromatic rings. The van der Waals surface area contributed by atoms with Gasteiger partial charge in [-0.1, -0.05) is 26.8 Å². The molecule has 174 valence electrons. The standard InChI is InChI=1S/C25H31FN6O/c1-25(2,3)18-11-20(28-24-27-17-32(29-24)21-6-4-5-19(26)13-21)14-22(12-18)30-7-9-31(10-8-30)23-15-33-16-23/h4-6,11-14,17,23H,7-10,15-16H2,1-3H3,(H,28,29). The zero-order valence-corrected chi connectivity index (χ0v) is 19.5. The molecule has 0 spiro atoms. The summed E-state index contributed by atoms with van der Waals surface area (Å²) in [7, 11) is 0. The maximum absolute atomic E-state index is 13.6. The molecule has 1 aromatic heterocycles. The summed E-state index contributed by atoms with van der Waals surface area (Å²) in [4.78, 5) is 9.37. The van der Waals surface area contributed by atoms with E-state index in [-0.39, 0.29) is 11.2 Å². The van der Waals surface area contributed by atoms with Crippen molar-refractivity contribution in [2.45, 2.75) is 32.2 Å². The normalized spacial score (nSPS) is 17.8. The van der Waals surface area contributed by atoms with Gasteiger partial charge in [0.25, 0.3) is 0 Å². The van der Waals surface area contributed by atoms with Crippen molar-refractivity contribution in [2.24, 2.45) is 0 Å². The van der Waals surface area contributed by atoms with Gasteiger partial charge in [0.1, 0.15) is 12.1 Å². The van der Waals surface area contributed by atoms with E-state index in [0.29, 0.717) is 17.7 Å². The van der Waals surface area contributed by atoms with Crippen molar-refractivity contribution in [3.8, 4) is 5.69 Å². The Morgan fingerprint density at radius 1 is 1.00 bits per heavy atom. The first-order valence-corrected chi connectivity index (χ1v) is 11.5. The van der Waals surface area contributed by atoms with Gasteiger partial charge in [0.05, 0.1) is 24.9 Å². The molecule has 33 heavy (non-hydrogen) atoms. The second-order valence-electron chi connectivity index (χ2n) is 9.85. The van der Waals surface area contributed by atoms with Crippen LogP contribution in [0.4, 0.5) is 21.7 Å². The molecular weight excluding hydrogens is 419 g/mol. The molecular formula is C25H31FN6O. The molecule has 0 bridgehead atoms. The number of nitrogens with one attached hydrogen (secondary N) is 1. The number of anilines is 3. The first-order valence-electron chi connectivity index (χ1n) is 11.5. The molecule has 0 amide bonds. The van der Waals surface area contributed by atoms with Gasteiger partial charge < -0.3 is 15.0 Å². The second kappa shape index (κ2) is 8.76. The van der Waals surface area contributed by atoms with E-state index in [4.69, 9.17) is 4.74 Å². The van der Waals surface area contributed by atoms with Crippen LogP contribution in [0.3, 0.4) is 0 Å². The van der Waals surface area contributed by atoms with Gasteiger partial charge in [0.15, 0.2) is 0 Å². The lowest BCUT2D eigenvalue weighted by atomic mass is 9.86. The Morgan fingerprint density at radius 2 is 1.79 bits per heavy atom. The van der Waals surface area contributed by atoms with Crippen LogP contribution in [-0.4, -0.2) is 65.1 Å². The molecule has 7 nitrogen and oxygen atoms in total. The van der Waals surface area contributed by atoms with Crippen LogP contribution < -0.4 is 10.2 Å². The van der Waals surface area contributed by atoms with Crippen LogP contribution >= 0.6 is 0 Å². The van der Waals surface area contributed by atoms with Gasteiger partial charge in [-0.15, -0.1) is 5.10 Å². The van der Waals surface area contributed by atoms with Crippen molar-refractivity contribution in [1.82, 2.24) is 19.7 Å². The van der Waals surface area contributed by atoms with E-state index in [0.717, 1.165) is 45.1 Å². The highest BCUT2D eigenvalue weighted by Crippen LogP contribution is 2.32. The highest BCUT2D eigenvalue weighted by atomic mass is 19.1. The zero-order chi connectivity index (χ0) is 23.0. The third kappa shape index (κ3) is 4.86. The summed E-state index contributed by atoms with van der Waals surface area (Å²) in [5.74, 6) is 0.177. The number of nitrogens with zero attached hydrogens (tertiary/aromatic N) is 5. The Bertz CT molecular complexity index is 1110. The highest BCUT2D eigenvalue weighted by molar-refractivity contribution is 5.65. The SMILES string of the molecule is CC(C)(C)c1cc(Nc2ncn(-c3cccc(F)c3)n2)cc(N2CCN(C3COC3)CC2)c1. The minimum atomic E-state index is -0.301. The Hall–Kier alpha value is -2.97. The van der Waals surface area contributed by atoms with Crippen LogP contribution in [0.2, 0.25) is 0 Å². The Labute approximate surface area is 194 Å². The monoisotopic (exact) mass is 450 g/mol. The molecule has 0 atom stereocenters. The van der Waals surface area contributed by atoms with Crippen molar-refractivity contribution in [3.63, 3.8) is 0 Å². The lowest BCUT2D eigenvalue weighted by Crippen LogP contribution is -2.56. The molecule has 8 heteroatoms. The van der Waals surface area contributed by atoms with Gasteiger partial charge in [-0.3, -0.25) is 4.90 Å². The van der Waals surface area contributed by atoms with E-state index in [2.05, 4.69) is 64.2 Å². The number of ether oxygens (including phenoxy) is 1. The van der Waals surface area contributed by atoms with Gasteiger partial charge in [0.2, 0.25) is 5.95 Å². The fourth-order valence-electron chi connectivity index (χ4n) is 4.27. The Morgan fingerprint density at radius 3 is 2.45 bits per heavy atom. The molecule has 2 fully saturated rings. The molecule has 2 aliphatic rings. The summed E-state index contributed by atoms with van der Waals surface area (Å²) < 4.78 is 20.5. The van der Waals surface area contributed by atoms with Crippen molar-refractivity contribution < 1.29 is 9.13 Å². The quantitative estimate of drug-likeness (QED) is 0.635. The highest BCUT2D eigenvalue weighted by Gasteiger charge is 2.29. The average Bonchev–Trinajstić information content (AvgIpc) is 3.21. The summed E-state index contributed by atoms with van der Waals surface area (Å²) in [5, 5.41) is 7.85. The summed E-state index contributed by atoms with van der Waals surface area (Å²) in [6.07, 6.45) is 1.59. The first-order chi connectivity index (χ1) is 15.8. The summed E-state index contributed by atoms with van der Waals surface area (Å²) in [6.45, 7) is 12.5. The van der Waals surface area contributed by atoms with E-state index in [9.17, 15) is 4.39 Å².